The number of nitrogens with one attached hydrogen (secondary N) is 1. The average molecular weight is 196 g/mol. The molecule has 2 rings (SSSR count). The molecule has 1 saturated heterocycles. The van der Waals surface area contributed by atoms with E-state index in [-0.39, 0.29) is 6.04 Å². The smallest absolute Gasteiger partial charge is 0.231 e. The van der Waals surface area contributed by atoms with Crippen molar-refractivity contribution in [2.75, 3.05) is 13.1 Å². The van der Waals surface area contributed by atoms with Crippen molar-refractivity contribution in [3.05, 3.63) is 11.7 Å². The van der Waals surface area contributed by atoms with Gasteiger partial charge in [-0.15, -0.1) is 0 Å². The Hall–Kier alpha value is -0.940. The molecule has 78 valence electrons. The van der Waals surface area contributed by atoms with Gasteiger partial charge in [0.2, 0.25) is 5.89 Å². The van der Waals surface area contributed by atoms with Crippen molar-refractivity contribution >= 4 is 0 Å². The van der Waals surface area contributed by atoms with E-state index in [2.05, 4.69) is 22.4 Å². The molecule has 2 heterocycles. The molecule has 3 unspecified atom stereocenters. The minimum atomic E-state index is -0.155. The second-order valence-corrected chi connectivity index (χ2v) is 4.02. The van der Waals surface area contributed by atoms with E-state index in [0.717, 1.165) is 19.0 Å². The van der Waals surface area contributed by atoms with Gasteiger partial charge in [0.1, 0.15) is 0 Å². The van der Waals surface area contributed by atoms with Crippen LogP contribution in [0.1, 0.15) is 37.5 Å². The Morgan fingerprint density at radius 1 is 1.57 bits per heavy atom. The van der Waals surface area contributed by atoms with Gasteiger partial charge >= 0.3 is 0 Å². The molecular formula is C9H16N4O. The SMILES string of the molecule is CC(N)c1noc(C2CNCC2C)n1. The van der Waals surface area contributed by atoms with Gasteiger partial charge in [0.25, 0.3) is 0 Å². The molecule has 0 bridgehead atoms. The normalized spacial score (nSPS) is 29.4. The number of nitrogens with two attached hydrogens (primary N) is 1. The first-order valence-corrected chi connectivity index (χ1v) is 4.98. The molecule has 0 spiro atoms. The van der Waals surface area contributed by atoms with Crippen LogP contribution in [0.3, 0.4) is 0 Å². The molecule has 0 saturated carbocycles. The summed E-state index contributed by atoms with van der Waals surface area (Å²) in [6.45, 7) is 5.97. The van der Waals surface area contributed by atoms with Crippen LogP contribution < -0.4 is 11.1 Å². The molecule has 5 heteroatoms. The molecule has 1 aliphatic heterocycles. The number of rotatable bonds is 2. The van der Waals surface area contributed by atoms with Gasteiger partial charge in [-0.2, -0.15) is 4.98 Å². The van der Waals surface area contributed by atoms with Crippen molar-refractivity contribution in [3.63, 3.8) is 0 Å². The first kappa shape index (κ1) is 9.61. The minimum Gasteiger partial charge on any atom is -0.339 e. The summed E-state index contributed by atoms with van der Waals surface area (Å²) in [7, 11) is 0. The van der Waals surface area contributed by atoms with E-state index in [1.807, 2.05) is 6.92 Å². The largest absolute Gasteiger partial charge is 0.339 e. The van der Waals surface area contributed by atoms with Gasteiger partial charge in [0, 0.05) is 6.54 Å². The Morgan fingerprint density at radius 2 is 2.36 bits per heavy atom. The predicted octanol–water partition coefficient (Wildman–Crippen LogP) is 0.412. The van der Waals surface area contributed by atoms with E-state index in [1.165, 1.54) is 0 Å². The highest BCUT2D eigenvalue weighted by Gasteiger charge is 2.29. The summed E-state index contributed by atoms with van der Waals surface area (Å²) in [5, 5.41) is 7.16. The van der Waals surface area contributed by atoms with Gasteiger partial charge < -0.3 is 15.6 Å². The van der Waals surface area contributed by atoms with Gasteiger partial charge in [-0.05, 0) is 19.4 Å². The average Bonchev–Trinajstić information content (AvgIpc) is 2.71. The van der Waals surface area contributed by atoms with Crippen LogP contribution in [0.15, 0.2) is 4.52 Å². The summed E-state index contributed by atoms with van der Waals surface area (Å²) in [5.74, 6) is 2.21. The van der Waals surface area contributed by atoms with Gasteiger partial charge in [-0.3, -0.25) is 0 Å². The van der Waals surface area contributed by atoms with Crippen molar-refractivity contribution in [2.45, 2.75) is 25.8 Å². The molecule has 1 fully saturated rings. The molecule has 14 heavy (non-hydrogen) atoms. The number of hydrogen-bond acceptors (Lipinski definition) is 5. The lowest BCUT2D eigenvalue weighted by Gasteiger charge is -2.07. The molecule has 1 aromatic heterocycles. The standard InChI is InChI=1S/C9H16N4O/c1-5-3-11-4-7(5)9-12-8(6(2)10)13-14-9/h5-7,11H,3-4,10H2,1-2H3. The fourth-order valence-corrected chi connectivity index (χ4v) is 1.72. The van der Waals surface area contributed by atoms with Crippen molar-refractivity contribution in [3.8, 4) is 0 Å². The van der Waals surface area contributed by atoms with Crippen LogP contribution in [-0.2, 0) is 0 Å². The van der Waals surface area contributed by atoms with Gasteiger partial charge in [-0.1, -0.05) is 12.1 Å². The van der Waals surface area contributed by atoms with Crippen LogP contribution in [-0.4, -0.2) is 23.2 Å². The summed E-state index contributed by atoms with van der Waals surface area (Å²) >= 11 is 0. The lowest BCUT2D eigenvalue weighted by atomic mass is 9.98. The quantitative estimate of drug-likeness (QED) is 0.716. The monoisotopic (exact) mass is 196 g/mol. The highest BCUT2D eigenvalue weighted by Crippen LogP contribution is 2.26. The van der Waals surface area contributed by atoms with Crippen LogP contribution in [0.5, 0.6) is 0 Å². The molecule has 0 aromatic carbocycles. The Kier molecular flexibility index (Phi) is 2.52. The van der Waals surface area contributed by atoms with Crippen LogP contribution in [0.2, 0.25) is 0 Å². The molecule has 1 aliphatic rings. The first-order valence-electron chi connectivity index (χ1n) is 4.98. The van der Waals surface area contributed by atoms with E-state index in [9.17, 15) is 0 Å². The maximum absolute atomic E-state index is 5.66. The van der Waals surface area contributed by atoms with Gasteiger partial charge in [0.15, 0.2) is 5.82 Å². The fraction of sp³-hybridized carbons (Fsp3) is 0.778. The van der Waals surface area contributed by atoms with Gasteiger partial charge in [-0.25, -0.2) is 0 Å². The van der Waals surface area contributed by atoms with E-state index >= 15 is 0 Å². The predicted molar refractivity (Wildman–Crippen MR) is 51.7 cm³/mol. The molecule has 0 aliphatic carbocycles. The molecular weight excluding hydrogens is 180 g/mol. The zero-order valence-electron chi connectivity index (χ0n) is 8.53. The van der Waals surface area contributed by atoms with E-state index in [4.69, 9.17) is 10.3 Å². The van der Waals surface area contributed by atoms with Crippen molar-refractivity contribution < 1.29 is 4.52 Å². The lowest BCUT2D eigenvalue weighted by Crippen LogP contribution is -2.10. The maximum atomic E-state index is 5.66. The number of hydrogen-bond donors (Lipinski definition) is 2. The molecule has 0 radical (unpaired) electrons. The topological polar surface area (TPSA) is 77.0 Å². The zero-order chi connectivity index (χ0) is 10.1. The van der Waals surface area contributed by atoms with Crippen LogP contribution >= 0.6 is 0 Å². The first-order chi connectivity index (χ1) is 6.68. The van der Waals surface area contributed by atoms with E-state index in [0.29, 0.717) is 17.7 Å². The van der Waals surface area contributed by atoms with Gasteiger partial charge in [0.05, 0.1) is 12.0 Å². The highest BCUT2D eigenvalue weighted by molar-refractivity contribution is 5.02. The maximum Gasteiger partial charge on any atom is 0.231 e. The van der Waals surface area contributed by atoms with Crippen molar-refractivity contribution in [1.29, 1.82) is 0 Å². The second kappa shape index (κ2) is 3.67. The zero-order valence-corrected chi connectivity index (χ0v) is 8.53. The molecule has 0 amide bonds. The summed E-state index contributed by atoms with van der Waals surface area (Å²) in [5.41, 5.74) is 5.66. The Balaban J connectivity index is 2.16. The minimum absolute atomic E-state index is 0.155. The third kappa shape index (κ3) is 1.65. The molecule has 5 nitrogen and oxygen atoms in total. The fourth-order valence-electron chi connectivity index (χ4n) is 1.72. The third-order valence-corrected chi connectivity index (χ3v) is 2.70. The van der Waals surface area contributed by atoms with Crippen molar-refractivity contribution in [1.82, 2.24) is 15.5 Å². The van der Waals surface area contributed by atoms with Crippen LogP contribution in [0.25, 0.3) is 0 Å². The number of aromatic nitrogens is 2. The molecule has 1 aromatic rings. The molecule has 3 atom stereocenters. The summed E-state index contributed by atoms with van der Waals surface area (Å²) < 4.78 is 5.20. The lowest BCUT2D eigenvalue weighted by molar-refractivity contribution is 0.335. The van der Waals surface area contributed by atoms with E-state index < -0.39 is 0 Å². The van der Waals surface area contributed by atoms with Crippen molar-refractivity contribution in [2.24, 2.45) is 11.7 Å². The summed E-state index contributed by atoms with van der Waals surface area (Å²) in [4.78, 5) is 4.30. The summed E-state index contributed by atoms with van der Waals surface area (Å²) in [6, 6.07) is -0.155. The second-order valence-electron chi connectivity index (χ2n) is 4.02. The Morgan fingerprint density at radius 3 is 2.86 bits per heavy atom. The number of nitrogens with zero attached hydrogens (tertiary/aromatic N) is 2. The Labute approximate surface area is 83.1 Å². The third-order valence-electron chi connectivity index (χ3n) is 2.70. The van der Waals surface area contributed by atoms with Crippen LogP contribution in [0.4, 0.5) is 0 Å². The molecule has 3 N–H and O–H groups in total. The van der Waals surface area contributed by atoms with Crippen LogP contribution in [0, 0.1) is 5.92 Å². The Bertz CT molecular complexity index is 310. The summed E-state index contributed by atoms with van der Waals surface area (Å²) in [6.07, 6.45) is 0. The van der Waals surface area contributed by atoms with E-state index in [1.54, 1.807) is 0 Å². The highest BCUT2D eigenvalue weighted by atomic mass is 16.5.